The number of carbonyl (C=O) groups is 2. The maximum absolute atomic E-state index is 11.4. The quantitative estimate of drug-likeness (QED) is 0.457. The van der Waals surface area contributed by atoms with Crippen molar-refractivity contribution in [3.8, 4) is 5.75 Å². The van der Waals surface area contributed by atoms with Gasteiger partial charge in [0.2, 0.25) is 0 Å². The van der Waals surface area contributed by atoms with Gasteiger partial charge in [-0.1, -0.05) is 24.8 Å². The van der Waals surface area contributed by atoms with E-state index in [0.717, 1.165) is 5.56 Å². The molecule has 0 saturated carbocycles. The summed E-state index contributed by atoms with van der Waals surface area (Å²) in [5.74, 6) is -0.327. The van der Waals surface area contributed by atoms with E-state index in [1.165, 1.54) is 0 Å². The topological polar surface area (TPSA) is 52.6 Å². The third-order valence-corrected chi connectivity index (χ3v) is 2.08. The number of esters is 1. The van der Waals surface area contributed by atoms with Gasteiger partial charge in [-0.2, -0.15) is 0 Å². The van der Waals surface area contributed by atoms with Gasteiger partial charge >= 0.3 is 12.1 Å². The van der Waals surface area contributed by atoms with Crippen LogP contribution >= 0.6 is 0 Å². The molecule has 0 aliphatic heterocycles. The molecule has 0 aliphatic rings. The average Bonchev–Trinajstić information content (AvgIpc) is 2.27. The third-order valence-electron chi connectivity index (χ3n) is 2.08. The molecule has 0 aromatic heterocycles. The molecule has 0 fully saturated rings. The van der Waals surface area contributed by atoms with E-state index in [2.05, 4.69) is 11.3 Å². The molecule has 0 aliphatic carbocycles. The standard InChI is InChI=1S/C14H16O4/c1-5-10-7-6-8-11(9-10)17-13(16)18-12(15)14(2,3)4/h5-9H,1H2,2-4H3. The normalized spacial score (nSPS) is 10.6. The fourth-order valence-electron chi connectivity index (χ4n) is 1.05. The van der Waals surface area contributed by atoms with Gasteiger partial charge in [0, 0.05) is 0 Å². The van der Waals surface area contributed by atoms with E-state index in [1.54, 1.807) is 45.0 Å². The van der Waals surface area contributed by atoms with Crippen molar-refractivity contribution < 1.29 is 19.1 Å². The van der Waals surface area contributed by atoms with E-state index in [9.17, 15) is 9.59 Å². The highest BCUT2D eigenvalue weighted by atomic mass is 16.7. The lowest BCUT2D eigenvalue weighted by Crippen LogP contribution is -2.27. The first-order chi connectivity index (χ1) is 8.32. The van der Waals surface area contributed by atoms with Crippen LogP contribution in [-0.4, -0.2) is 12.1 Å². The lowest BCUT2D eigenvalue weighted by atomic mass is 9.98. The van der Waals surface area contributed by atoms with Gasteiger partial charge in [0.05, 0.1) is 5.41 Å². The first-order valence-corrected chi connectivity index (χ1v) is 5.49. The number of hydrogen-bond acceptors (Lipinski definition) is 4. The summed E-state index contributed by atoms with van der Waals surface area (Å²) in [6.45, 7) is 8.57. The van der Waals surface area contributed by atoms with Gasteiger partial charge in [0.1, 0.15) is 5.75 Å². The number of rotatable bonds is 2. The molecule has 0 amide bonds. The number of carbonyl (C=O) groups excluding carboxylic acids is 2. The van der Waals surface area contributed by atoms with Gasteiger partial charge in [0.15, 0.2) is 0 Å². The minimum atomic E-state index is -1.03. The molecule has 1 aromatic rings. The second kappa shape index (κ2) is 5.49. The molecule has 1 aromatic carbocycles. The van der Waals surface area contributed by atoms with Crippen LogP contribution in [0.2, 0.25) is 0 Å². The molecule has 1 rings (SSSR count). The van der Waals surface area contributed by atoms with Crippen LogP contribution in [0.15, 0.2) is 30.8 Å². The van der Waals surface area contributed by atoms with E-state index in [0.29, 0.717) is 5.75 Å². The number of ether oxygens (including phenoxy) is 2. The van der Waals surface area contributed by atoms with Crippen LogP contribution in [0.25, 0.3) is 6.08 Å². The Balaban J connectivity index is 2.65. The molecule has 0 unspecified atom stereocenters. The van der Waals surface area contributed by atoms with Gasteiger partial charge in [-0.25, -0.2) is 4.79 Å². The Morgan fingerprint density at radius 1 is 1.28 bits per heavy atom. The molecule has 96 valence electrons. The molecule has 0 saturated heterocycles. The molecule has 4 heteroatoms. The maximum Gasteiger partial charge on any atom is 0.521 e. The minimum absolute atomic E-state index is 0.305. The van der Waals surface area contributed by atoms with Crippen molar-refractivity contribution in [3.05, 3.63) is 36.4 Å². The van der Waals surface area contributed by atoms with Crippen molar-refractivity contribution in [1.29, 1.82) is 0 Å². The van der Waals surface area contributed by atoms with Gasteiger partial charge in [-0.15, -0.1) is 0 Å². The molecule has 0 N–H and O–H groups in total. The Bertz CT molecular complexity index is 469. The van der Waals surface area contributed by atoms with Crippen LogP contribution in [0, 0.1) is 5.41 Å². The summed E-state index contributed by atoms with van der Waals surface area (Å²) >= 11 is 0. The Labute approximate surface area is 106 Å². The summed E-state index contributed by atoms with van der Waals surface area (Å²) in [4.78, 5) is 22.8. The molecule has 0 bridgehead atoms. The Hall–Kier alpha value is -2.10. The van der Waals surface area contributed by atoms with Crippen molar-refractivity contribution >= 4 is 18.2 Å². The van der Waals surface area contributed by atoms with E-state index >= 15 is 0 Å². The molecule has 4 nitrogen and oxygen atoms in total. The van der Waals surface area contributed by atoms with E-state index in [4.69, 9.17) is 4.74 Å². The highest BCUT2D eigenvalue weighted by Crippen LogP contribution is 2.18. The number of hydrogen-bond donors (Lipinski definition) is 0. The summed E-state index contributed by atoms with van der Waals surface area (Å²) in [6.07, 6.45) is 0.592. The fourth-order valence-corrected chi connectivity index (χ4v) is 1.05. The van der Waals surface area contributed by atoms with Gasteiger partial charge in [0.25, 0.3) is 0 Å². The minimum Gasteiger partial charge on any atom is -0.395 e. The van der Waals surface area contributed by atoms with Crippen LogP contribution < -0.4 is 4.74 Å². The second-order valence-electron chi connectivity index (χ2n) is 4.77. The van der Waals surface area contributed by atoms with Crippen LogP contribution in [0.5, 0.6) is 5.75 Å². The smallest absolute Gasteiger partial charge is 0.395 e. The summed E-state index contributed by atoms with van der Waals surface area (Å²) in [5, 5.41) is 0. The Morgan fingerprint density at radius 2 is 1.94 bits per heavy atom. The molecule has 0 spiro atoms. The fraction of sp³-hybridized carbons (Fsp3) is 0.286. The largest absolute Gasteiger partial charge is 0.521 e. The first kappa shape index (κ1) is 14.0. The van der Waals surface area contributed by atoms with E-state index in [-0.39, 0.29) is 0 Å². The highest BCUT2D eigenvalue weighted by Gasteiger charge is 2.26. The van der Waals surface area contributed by atoms with Crippen molar-refractivity contribution in [1.82, 2.24) is 0 Å². The molecule has 0 radical (unpaired) electrons. The van der Waals surface area contributed by atoms with Crippen LogP contribution in [0.3, 0.4) is 0 Å². The monoisotopic (exact) mass is 248 g/mol. The molecular formula is C14H16O4. The van der Waals surface area contributed by atoms with E-state index in [1.807, 2.05) is 6.07 Å². The van der Waals surface area contributed by atoms with Gasteiger partial charge in [-0.05, 0) is 38.5 Å². The zero-order valence-electron chi connectivity index (χ0n) is 10.7. The summed E-state index contributed by atoms with van der Waals surface area (Å²) in [5.41, 5.74) is 0.0598. The first-order valence-electron chi connectivity index (χ1n) is 5.49. The predicted octanol–water partition coefficient (Wildman–Crippen LogP) is 3.42. The lowest BCUT2D eigenvalue weighted by molar-refractivity contribution is -0.147. The van der Waals surface area contributed by atoms with Crippen molar-refractivity contribution in [2.75, 3.05) is 0 Å². The summed E-state index contributed by atoms with van der Waals surface area (Å²) in [6, 6.07) is 6.74. The van der Waals surface area contributed by atoms with Crippen molar-refractivity contribution in [2.24, 2.45) is 5.41 Å². The van der Waals surface area contributed by atoms with Gasteiger partial charge in [-0.3, -0.25) is 4.79 Å². The zero-order valence-corrected chi connectivity index (χ0v) is 10.7. The van der Waals surface area contributed by atoms with Gasteiger partial charge < -0.3 is 9.47 Å². The second-order valence-corrected chi connectivity index (χ2v) is 4.77. The summed E-state index contributed by atoms with van der Waals surface area (Å²) < 4.78 is 9.46. The Kier molecular flexibility index (Phi) is 4.26. The zero-order chi connectivity index (χ0) is 13.8. The highest BCUT2D eigenvalue weighted by molar-refractivity contribution is 5.86. The Morgan fingerprint density at radius 3 is 2.50 bits per heavy atom. The maximum atomic E-state index is 11.4. The predicted molar refractivity (Wildman–Crippen MR) is 68.1 cm³/mol. The lowest BCUT2D eigenvalue weighted by Gasteiger charge is -2.14. The average molecular weight is 248 g/mol. The molecule has 0 atom stereocenters. The van der Waals surface area contributed by atoms with Crippen molar-refractivity contribution in [3.63, 3.8) is 0 Å². The van der Waals surface area contributed by atoms with Crippen LogP contribution in [0.4, 0.5) is 4.79 Å². The van der Waals surface area contributed by atoms with Crippen molar-refractivity contribution in [2.45, 2.75) is 20.8 Å². The third kappa shape index (κ3) is 4.05. The molecule has 18 heavy (non-hydrogen) atoms. The van der Waals surface area contributed by atoms with E-state index < -0.39 is 17.5 Å². The number of benzene rings is 1. The SMILES string of the molecule is C=Cc1cccc(OC(=O)OC(=O)C(C)(C)C)c1. The van der Waals surface area contributed by atoms with Crippen LogP contribution in [-0.2, 0) is 9.53 Å². The molecular weight excluding hydrogens is 232 g/mol. The summed E-state index contributed by atoms with van der Waals surface area (Å²) in [7, 11) is 0. The van der Waals surface area contributed by atoms with Crippen LogP contribution in [0.1, 0.15) is 26.3 Å². The molecule has 0 heterocycles.